The van der Waals surface area contributed by atoms with Gasteiger partial charge >= 0.3 is 12.1 Å². The molecule has 6 heteroatoms. The second-order valence-electron chi connectivity index (χ2n) is 6.91. The zero-order valence-corrected chi connectivity index (χ0v) is 15.3. The number of rotatable bonds is 5. The number of hydrogen-bond donors (Lipinski definition) is 2. The predicted molar refractivity (Wildman–Crippen MR) is 93.5 cm³/mol. The molecule has 0 bridgehead atoms. The molecule has 0 aliphatic rings. The van der Waals surface area contributed by atoms with Crippen LogP contribution in [-0.4, -0.2) is 36.9 Å². The van der Waals surface area contributed by atoms with Crippen LogP contribution in [0.1, 0.15) is 20.8 Å². The summed E-state index contributed by atoms with van der Waals surface area (Å²) in [5.74, 6) is -1.12. The topological polar surface area (TPSA) is 75.6 Å². The molecule has 0 fully saturated rings. The number of ether oxygens (including phenoxy) is 1. The van der Waals surface area contributed by atoms with Gasteiger partial charge in [-0.2, -0.15) is 0 Å². The van der Waals surface area contributed by atoms with E-state index in [1.807, 2.05) is 36.0 Å². The van der Waals surface area contributed by atoms with E-state index in [4.69, 9.17) is 4.74 Å². The average Bonchev–Trinajstić information content (AvgIpc) is 2.42. The summed E-state index contributed by atoms with van der Waals surface area (Å²) in [6, 6.07) is 8.83. The minimum Gasteiger partial charge on any atom is -0.479 e. The fourth-order valence-electron chi connectivity index (χ4n) is 1.93. The molecule has 0 saturated carbocycles. The molecular weight excluding hydrogens is 310 g/mol. The lowest BCUT2D eigenvalue weighted by Gasteiger charge is -2.22. The number of carbonyl (C=O) groups is 2. The molecule has 0 aliphatic carbocycles. The van der Waals surface area contributed by atoms with Gasteiger partial charge in [0.1, 0.15) is 19.7 Å². The molecule has 126 valence electrons. The van der Waals surface area contributed by atoms with Crippen LogP contribution in [0.2, 0.25) is 13.1 Å². The van der Waals surface area contributed by atoms with Gasteiger partial charge < -0.3 is 15.2 Å². The molecule has 0 heterocycles. The summed E-state index contributed by atoms with van der Waals surface area (Å²) in [6.45, 7) is 9.41. The summed E-state index contributed by atoms with van der Waals surface area (Å²) in [4.78, 5) is 23.1. The third-order valence-corrected chi connectivity index (χ3v) is 6.01. The van der Waals surface area contributed by atoms with Gasteiger partial charge in [0.25, 0.3) is 0 Å². The number of carboxylic acids is 1. The van der Waals surface area contributed by atoms with Crippen LogP contribution in [0.25, 0.3) is 0 Å². The van der Waals surface area contributed by atoms with Gasteiger partial charge in [-0.05, 0) is 20.8 Å². The van der Waals surface area contributed by atoms with E-state index in [-0.39, 0.29) is 0 Å². The fourth-order valence-corrected chi connectivity index (χ4v) is 3.85. The van der Waals surface area contributed by atoms with Crippen molar-refractivity contribution in [3.63, 3.8) is 0 Å². The SMILES string of the molecule is CC(C)(C)OC(=O)N[C@H](/C=C/[Si](C)(C)c1ccccc1)C(=O)O. The molecule has 23 heavy (non-hydrogen) atoms. The molecular formula is C17H25NO4Si. The Bertz CT molecular complexity index is 576. The maximum Gasteiger partial charge on any atom is 0.408 e. The molecule has 1 rings (SSSR count). The van der Waals surface area contributed by atoms with Crippen LogP contribution in [0.5, 0.6) is 0 Å². The zero-order chi connectivity index (χ0) is 17.7. The number of hydrogen-bond acceptors (Lipinski definition) is 3. The Balaban J connectivity index is 2.83. The monoisotopic (exact) mass is 335 g/mol. The van der Waals surface area contributed by atoms with E-state index >= 15 is 0 Å². The van der Waals surface area contributed by atoms with Crippen LogP contribution in [0.15, 0.2) is 42.1 Å². The standard InChI is InChI=1S/C17H25NO4Si/c1-17(2,3)22-16(21)18-14(15(19)20)11-12-23(4,5)13-9-7-6-8-10-13/h6-12,14H,1-5H3,(H,18,21)(H,19,20)/b12-11+/t14-/m1/s1. The van der Waals surface area contributed by atoms with E-state index < -0.39 is 31.8 Å². The molecule has 0 radical (unpaired) electrons. The predicted octanol–water partition coefficient (Wildman–Crippen LogP) is 2.68. The summed E-state index contributed by atoms with van der Waals surface area (Å²) in [5.41, 5.74) is 1.24. The van der Waals surface area contributed by atoms with Crippen LogP contribution in [0.4, 0.5) is 4.79 Å². The second-order valence-corrected chi connectivity index (χ2v) is 11.3. The number of amides is 1. The normalized spacial score (nSPS) is 13.6. The van der Waals surface area contributed by atoms with E-state index in [0.717, 1.165) is 0 Å². The Morgan fingerprint density at radius 1 is 1.22 bits per heavy atom. The molecule has 0 aliphatic heterocycles. The van der Waals surface area contributed by atoms with Gasteiger partial charge in [-0.3, -0.25) is 0 Å². The van der Waals surface area contributed by atoms with Crippen LogP contribution in [0.3, 0.4) is 0 Å². The van der Waals surface area contributed by atoms with Crippen molar-refractivity contribution in [2.45, 2.75) is 45.5 Å². The highest BCUT2D eigenvalue weighted by Crippen LogP contribution is 2.08. The first-order valence-corrected chi connectivity index (χ1v) is 10.6. The van der Waals surface area contributed by atoms with E-state index in [1.165, 1.54) is 11.3 Å². The Kier molecular flexibility index (Phi) is 6.15. The second kappa shape index (κ2) is 7.46. The van der Waals surface area contributed by atoms with E-state index in [9.17, 15) is 14.7 Å². The van der Waals surface area contributed by atoms with Crippen molar-refractivity contribution >= 4 is 25.3 Å². The third kappa shape index (κ3) is 6.69. The fraction of sp³-hybridized carbons (Fsp3) is 0.412. The van der Waals surface area contributed by atoms with Gasteiger partial charge in [-0.1, -0.05) is 60.4 Å². The largest absolute Gasteiger partial charge is 0.479 e. The van der Waals surface area contributed by atoms with Crippen molar-refractivity contribution < 1.29 is 19.4 Å². The molecule has 0 saturated heterocycles. The highest BCUT2D eigenvalue weighted by molar-refractivity contribution is 6.93. The number of nitrogens with one attached hydrogen (secondary N) is 1. The van der Waals surface area contributed by atoms with Crippen LogP contribution in [0, 0.1) is 0 Å². The first-order chi connectivity index (χ1) is 10.5. The summed E-state index contributed by atoms with van der Waals surface area (Å²) in [7, 11) is -1.92. The molecule has 1 aromatic carbocycles. The van der Waals surface area contributed by atoms with Gasteiger partial charge in [-0.25, -0.2) is 9.59 Å². The molecule has 0 unspecified atom stereocenters. The van der Waals surface area contributed by atoms with Crippen molar-refractivity contribution in [3.8, 4) is 0 Å². The highest BCUT2D eigenvalue weighted by Gasteiger charge is 2.24. The molecule has 1 atom stereocenters. The van der Waals surface area contributed by atoms with Crippen LogP contribution >= 0.6 is 0 Å². The lowest BCUT2D eigenvalue weighted by Crippen LogP contribution is -2.44. The van der Waals surface area contributed by atoms with E-state index in [2.05, 4.69) is 18.4 Å². The molecule has 0 aromatic heterocycles. The lowest BCUT2D eigenvalue weighted by atomic mass is 10.2. The maximum absolute atomic E-state index is 11.7. The van der Waals surface area contributed by atoms with E-state index in [0.29, 0.717) is 0 Å². The summed E-state index contributed by atoms with van der Waals surface area (Å²) in [5, 5.41) is 12.8. The zero-order valence-electron chi connectivity index (χ0n) is 14.3. The van der Waals surface area contributed by atoms with Crippen molar-refractivity contribution in [2.24, 2.45) is 0 Å². The van der Waals surface area contributed by atoms with E-state index in [1.54, 1.807) is 20.8 Å². The Morgan fingerprint density at radius 3 is 2.26 bits per heavy atom. The number of benzene rings is 1. The molecule has 0 spiro atoms. The molecule has 1 amide bonds. The minimum absolute atomic E-state index is 0.672. The number of alkyl carbamates (subject to hydrolysis) is 1. The van der Waals surface area contributed by atoms with Crippen LogP contribution < -0.4 is 10.5 Å². The van der Waals surface area contributed by atoms with Crippen molar-refractivity contribution in [3.05, 3.63) is 42.1 Å². The first kappa shape index (κ1) is 19.0. The van der Waals surface area contributed by atoms with Gasteiger partial charge in [0.05, 0.1) is 0 Å². The smallest absolute Gasteiger partial charge is 0.408 e. The van der Waals surface area contributed by atoms with Gasteiger partial charge in [0.15, 0.2) is 0 Å². The van der Waals surface area contributed by atoms with Crippen LogP contribution in [-0.2, 0) is 9.53 Å². The molecule has 1 aromatic rings. The minimum atomic E-state index is -1.92. The Morgan fingerprint density at radius 2 is 1.78 bits per heavy atom. The summed E-state index contributed by atoms with van der Waals surface area (Å²) >= 11 is 0. The lowest BCUT2D eigenvalue weighted by molar-refractivity contribution is -0.138. The Hall–Kier alpha value is -2.08. The summed E-state index contributed by atoms with van der Waals surface area (Å²) < 4.78 is 5.10. The first-order valence-electron chi connectivity index (χ1n) is 7.48. The Labute approximate surface area is 138 Å². The molecule has 2 N–H and O–H groups in total. The van der Waals surface area contributed by atoms with Gasteiger partial charge in [-0.15, -0.1) is 0 Å². The van der Waals surface area contributed by atoms with Gasteiger partial charge in [0.2, 0.25) is 0 Å². The third-order valence-electron chi connectivity index (χ3n) is 3.16. The average molecular weight is 335 g/mol. The van der Waals surface area contributed by atoms with Crippen molar-refractivity contribution in [2.75, 3.05) is 0 Å². The molecule has 5 nitrogen and oxygen atoms in total. The van der Waals surface area contributed by atoms with Gasteiger partial charge in [0, 0.05) is 0 Å². The highest BCUT2D eigenvalue weighted by atomic mass is 28.3. The number of carboxylic acid groups (broad SMARTS) is 1. The number of carbonyl (C=O) groups excluding carboxylic acids is 1. The quantitative estimate of drug-likeness (QED) is 0.811. The summed E-state index contributed by atoms with van der Waals surface area (Å²) in [6.07, 6.45) is 0.791. The van der Waals surface area contributed by atoms with Crippen molar-refractivity contribution in [1.29, 1.82) is 0 Å². The number of aliphatic carboxylic acids is 1. The maximum atomic E-state index is 11.7. The van der Waals surface area contributed by atoms with Crippen molar-refractivity contribution in [1.82, 2.24) is 5.32 Å².